The zero-order valence-corrected chi connectivity index (χ0v) is 14.5. The SMILES string of the molecule is Cc1ccc(C(=O)NCC(=O)OCC(=O)NC(=O)NCC(C)C)cc1. The lowest BCUT2D eigenvalue weighted by Gasteiger charge is -2.09. The monoisotopic (exact) mass is 349 g/mol. The highest BCUT2D eigenvalue weighted by Crippen LogP contribution is 2.02. The molecule has 0 radical (unpaired) electrons. The molecule has 1 aromatic rings. The number of rotatable bonds is 7. The standard InChI is InChI=1S/C17H23N3O5/c1-11(2)8-19-17(24)20-14(21)10-25-15(22)9-18-16(23)13-6-4-12(3)5-7-13/h4-7,11H,8-10H2,1-3H3,(H,18,23)(H2,19,20,21,24). The molecule has 0 saturated carbocycles. The van der Waals surface area contributed by atoms with E-state index in [1.165, 1.54) is 0 Å². The Morgan fingerprint density at radius 2 is 1.68 bits per heavy atom. The lowest BCUT2D eigenvalue weighted by Crippen LogP contribution is -2.43. The van der Waals surface area contributed by atoms with Crippen LogP contribution in [0.3, 0.4) is 0 Å². The van der Waals surface area contributed by atoms with Gasteiger partial charge in [-0.05, 0) is 25.0 Å². The first-order valence-electron chi connectivity index (χ1n) is 7.86. The summed E-state index contributed by atoms with van der Waals surface area (Å²) in [4.78, 5) is 46.2. The normalized spacial score (nSPS) is 10.1. The molecule has 0 spiro atoms. The van der Waals surface area contributed by atoms with Crippen molar-refractivity contribution in [2.75, 3.05) is 19.7 Å². The Bertz CT molecular complexity index is 626. The number of imide groups is 1. The predicted molar refractivity (Wildman–Crippen MR) is 90.9 cm³/mol. The number of amides is 4. The van der Waals surface area contributed by atoms with Crippen LogP contribution in [0, 0.1) is 12.8 Å². The van der Waals surface area contributed by atoms with Crippen LogP contribution in [0.2, 0.25) is 0 Å². The molecule has 1 aromatic carbocycles. The molecule has 8 nitrogen and oxygen atoms in total. The minimum absolute atomic E-state index is 0.246. The number of ether oxygens (including phenoxy) is 1. The van der Waals surface area contributed by atoms with Crippen molar-refractivity contribution in [1.29, 1.82) is 0 Å². The van der Waals surface area contributed by atoms with Gasteiger partial charge in [0.15, 0.2) is 6.61 Å². The van der Waals surface area contributed by atoms with Crippen LogP contribution in [0.5, 0.6) is 0 Å². The fraction of sp³-hybridized carbons (Fsp3) is 0.412. The van der Waals surface area contributed by atoms with E-state index in [1.807, 2.05) is 26.1 Å². The summed E-state index contributed by atoms with van der Waals surface area (Å²) >= 11 is 0. The van der Waals surface area contributed by atoms with Gasteiger partial charge < -0.3 is 15.4 Å². The average Bonchev–Trinajstić information content (AvgIpc) is 2.56. The summed E-state index contributed by atoms with van der Waals surface area (Å²) in [5.41, 5.74) is 1.43. The molecule has 0 unspecified atom stereocenters. The molecule has 0 atom stereocenters. The number of hydrogen-bond acceptors (Lipinski definition) is 5. The number of nitrogens with one attached hydrogen (secondary N) is 3. The van der Waals surface area contributed by atoms with Crippen molar-refractivity contribution < 1.29 is 23.9 Å². The van der Waals surface area contributed by atoms with E-state index in [0.29, 0.717) is 12.1 Å². The molecule has 0 aromatic heterocycles. The van der Waals surface area contributed by atoms with Gasteiger partial charge in [-0.25, -0.2) is 4.79 Å². The van der Waals surface area contributed by atoms with Crippen molar-refractivity contribution in [1.82, 2.24) is 16.0 Å². The maximum absolute atomic E-state index is 11.8. The minimum atomic E-state index is -0.779. The van der Waals surface area contributed by atoms with Crippen molar-refractivity contribution >= 4 is 23.8 Å². The highest BCUT2D eigenvalue weighted by atomic mass is 16.5. The molecule has 0 bridgehead atoms. The molecule has 0 fully saturated rings. The second-order valence-corrected chi connectivity index (χ2v) is 5.86. The van der Waals surface area contributed by atoms with Gasteiger partial charge in [0.1, 0.15) is 6.54 Å². The van der Waals surface area contributed by atoms with Gasteiger partial charge in [-0.3, -0.25) is 19.7 Å². The Hall–Kier alpha value is -2.90. The number of esters is 1. The molecule has 0 saturated heterocycles. The molecule has 0 heterocycles. The molecule has 0 aliphatic carbocycles. The van der Waals surface area contributed by atoms with E-state index in [1.54, 1.807) is 24.3 Å². The molecular formula is C17H23N3O5. The van der Waals surface area contributed by atoms with Crippen molar-refractivity contribution in [2.24, 2.45) is 5.92 Å². The van der Waals surface area contributed by atoms with Gasteiger partial charge in [-0.15, -0.1) is 0 Å². The smallest absolute Gasteiger partial charge is 0.325 e. The van der Waals surface area contributed by atoms with Gasteiger partial charge in [0.25, 0.3) is 11.8 Å². The molecule has 0 aliphatic heterocycles. The minimum Gasteiger partial charge on any atom is -0.454 e. The third kappa shape index (κ3) is 8.50. The van der Waals surface area contributed by atoms with Crippen molar-refractivity contribution in [3.05, 3.63) is 35.4 Å². The van der Waals surface area contributed by atoms with E-state index >= 15 is 0 Å². The molecule has 3 N–H and O–H groups in total. The molecule has 4 amide bonds. The summed E-state index contributed by atoms with van der Waals surface area (Å²) in [7, 11) is 0. The number of benzene rings is 1. The average molecular weight is 349 g/mol. The molecular weight excluding hydrogens is 326 g/mol. The van der Waals surface area contributed by atoms with E-state index in [2.05, 4.69) is 15.4 Å². The fourth-order valence-corrected chi connectivity index (χ4v) is 1.66. The second-order valence-electron chi connectivity index (χ2n) is 5.86. The zero-order chi connectivity index (χ0) is 18.8. The highest BCUT2D eigenvalue weighted by molar-refractivity contribution is 5.97. The summed E-state index contributed by atoms with van der Waals surface area (Å²) < 4.78 is 4.69. The van der Waals surface area contributed by atoms with Gasteiger partial charge in [-0.1, -0.05) is 31.5 Å². The van der Waals surface area contributed by atoms with Gasteiger partial charge >= 0.3 is 12.0 Å². The number of aryl methyl sites for hydroxylation is 1. The van der Waals surface area contributed by atoms with Crippen LogP contribution < -0.4 is 16.0 Å². The third-order valence-corrected chi connectivity index (χ3v) is 3.00. The lowest BCUT2D eigenvalue weighted by atomic mass is 10.1. The fourth-order valence-electron chi connectivity index (χ4n) is 1.66. The van der Waals surface area contributed by atoms with Crippen molar-refractivity contribution in [2.45, 2.75) is 20.8 Å². The first kappa shape index (κ1) is 20.1. The number of hydrogen-bond donors (Lipinski definition) is 3. The predicted octanol–water partition coefficient (Wildman–Crippen LogP) is 0.750. The number of carbonyl (C=O) groups excluding carboxylic acids is 4. The Kier molecular flexibility index (Phi) is 8.11. The van der Waals surface area contributed by atoms with Crippen LogP contribution in [0.15, 0.2) is 24.3 Å². The molecule has 8 heteroatoms. The largest absolute Gasteiger partial charge is 0.454 e. The Morgan fingerprint density at radius 1 is 1.04 bits per heavy atom. The third-order valence-electron chi connectivity index (χ3n) is 3.00. The summed E-state index contributed by atoms with van der Waals surface area (Å²) in [5, 5.41) is 6.92. The first-order chi connectivity index (χ1) is 11.8. The molecule has 0 aliphatic rings. The molecule has 136 valence electrons. The van der Waals surface area contributed by atoms with Gasteiger partial charge in [0.05, 0.1) is 0 Å². The Morgan fingerprint density at radius 3 is 2.28 bits per heavy atom. The molecule has 1 rings (SSSR count). The number of urea groups is 1. The lowest BCUT2D eigenvalue weighted by molar-refractivity contribution is -0.147. The Labute approximate surface area is 146 Å². The maximum atomic E-state index is 11.8. The summed E-state index contributed by atoms with van der Waals surface area (Å²) in [6.45, 7) is 5.16. The van der Waals surface area contributed by atoms with Crippen LogP contribution in [-0.2, 0) is 14.3 Å². The quantitative estimate of drug-likeness (QED) is 0.629. The maximum Gasteiger partial charge on any atom is 0.325 e. The van der Waals surface area contributed by atoms with Gasteiger partial charge in [0, 0.05) is 12.1 Å². The van der Waals surface area contributed by atoms with Crippen molar-refractivity contribution in [3.8, 4) is 0 Å². The molecule has 25 heavy (non-hydrogen) atoms. The zero-order valence-electron chi connectivity index (χ0n) is 14.5. The summed E-state index contributed by atoms with van der Waals surface area (Å²) in [5.74, 6) is -1.71. The van der Waals surface area contributed by atoms with Crippen LogP contribution in [-0.4, -0.2) is 43.5 Å². The van der Waals surface area contributed by atoms with E-state index in [9.17, 15) is 19.2 Å². The van der Waals surface area contributed by atoms with Crippen LogP contribution in [0.25, 0.3) is 0 Å². The summed E-state index contributed by atoms with van der Waals surface area (Å²) in [6, 6.07) is 6.19. The van der Waals surface area contributed by atoms with E-state index in [-0.39, 0.29) is 12.5 Å². The van der Waals surface area contributed by atoms with Crippen LogP contribution >= 0.6 is 0 Å². The number of carbonyl (C=O) groups is 4. The first-order valence-corrected chi connectivity index (χ1v) is 7.86. The van der Waals surface area contributed by atoms with Gasteiger partial charge in [-0.2, -0.15) is 0 Å². The Balaban J connectivity index is 2.25. The van der Waals surface area contributed by atoms with Crippen LogP contribution in [0.1, 0.15) is 29.8 Å². The van der Waals surface area contributed by atoms with E-state index < -0.39 is 30.4 Å². The highest BCUT2D eigenvalue weighted by Gasteiger charge is 2.12. The summed E-state index contributed by atoms with van der Waals surface area (Å²) in [6.07, 6.45) is 0. The van der Waals surface area contributed by atoms with Crippen LogP contribution in [0.4, 0.5) is 4.79 Å². The van der Waals surface area contributed by atoms with Crippen molar-refractivity contribution in [3.63, 3.8) is 0 Å². The van der Waals surface area contributed by atoms with E-state index in [4.69, 9.17) is 0 Å². The second kappa shape index (κ2) is 10.1. The topological polar surface area (TPSA) is 114 Å². The van der Waals surface area contributed by atoms with Gasteiger partial charge in [0.2, 0.25) is 0 Å². The van der Waals surface area contributed by atoms with E-state index in [0.717, 1.165) is 5.56 Å².